The average Bonchev–Trinajstić information content (AvgIpc) is 3.23. The number of rotatable bonds is 4. The second-order valence-corrected chi connectivity index (χ2v) is 7.23. The largest absolute Gasteiger partial charge is 0.378 e. The number of ketones is 1. The normalized spacial score (nSPS) is 15.7. The van der Waals surface area contributed by atoms with Crippen LogP contribution in [0.15, 0.2) is 71.9 Å². The Morgan fingerprint density at radius 3 is 2.59 bits per heavy atom. The highest BCUT2D eigenvalue weighted by molar-refractivity contribution is 6.17. The van der Waals surface area contributed by atoms with Crippen LogP contribution in [0.5, 0.6) is 0 Å². The summed E-state index contributed by atoms with van der Waals surface area (Å²) in [7, 11) is 0. The van der Waals surface area contributed by atoms with Gasteiger partial charge in [-0.2, -0.15) is 0 Å². The van der Waals surface area contributed by atoms with Gasteiger partial charge in [0, 0.05) is 41.5 Å². The van der Waals surface area contributed by atoms with Crippen molar-refractivity contribution in [2.75, 3.05) is 31.2 Å². The van der Waals surface area contributed by atoms with Crippen molar-refractivity contribution in [3.63, 3.8) is 0 Å². The van der Waals surface area contributed by atoms with Gasteiger partial charge >= 0.3 is 0 Å². The van der Waals surface area contributed by atoms with Gasteiger partial charge in [-0.1, -0.05) is 42.5 Å². The van der Waals surface area contributed by atoms with Crippen LogP contribution in [0.3, 0.4) is 0 Å². The molecule has 2 aliphatic rings. The Balaban J connectivity index is 1.47. The van der Waals surface area contributed by atoms with Gasteiger partial charge in [0.05, 0.1) is 25.5 Å². The van der Waals surface area contributed by atoms with Crippen molar-refractivity contribution in [2.24, 2.45) is 4.99 Å². The number of ether oxygens (including phenoxy) is 1. The molecule has 3 heterocycles. The SMILES string of the molecule is O=C(c1ccccc1)c1ccc2c(c1)C(c1ccnc(N3CCOCC3)c1)=NC2. The second-order valence-electron chi connectivity index (χ2n) is 7.23. The Morgan fingerprint density at radius 1 is 0.931 bits per heavy atom. The van der Waals surface area contributed by atoms with Crippen LogP contribution in [-0.2, 0) is 11.3 Å². The Kier molecular flexibility index (Phi) is 4.66. The molecule has 0 spiro atoms. The van der Waals surface area contributed by atoms with E-state index in [1.807, 2.05) is 60.8 Å². The second kappa shape index (κ2) is 7.60. The number of carbonyl (C=O) groups excluding carboxylic acids is 1. The third kappa shape index (κ3) is 3.45. The molecule has 0 atom stereocenters. The maximum Gasteiger partial charge on any atom is 0.193 e. The minimum Gasteiger partial charge on any atom is -0.378 e. The summed E-state index contributed by atoms with van der Waals surface area (Å²) in [6, 6.07) is 19.4. The molecule has 3 aromatic rings. The number of aliphatic imine (C=N–C) groups is 1. The van der Waals surface area contributed by atoms with Crippen LogP contribution < -0.4 is 4.90 Å². The van der Waals surface area contributed by atoms with Crippen LogP contribution in [0.1, 0.15) is 32.6 Å². The Bertz CT molecular complexity index is 1090. The lowest BCUT2D eigenvalue weighted by Crippen LogP contribution is -2.36. The van der Waals surface area contributed by atoms with Crippen LogP contribution >= 0.6 is 0 Å². The zero-order valence-electron chi connectivity index (χ0n) is 16.0. The van der Waals surface area contributed by atoms with Crippen molar-refractivity contribution in [1.29, 1.82) is 0 Å². The lowest BCUT2D eigenvalue weighted by atomic mass is 9.95. The van der Waals surface area contributed by atoms with Gasteiger partial charge in [0.15, 0.2) is 5.78 Å². The number of aromatic nitrogens is 1. The predicted octanol–water partition coefficient (Wildman–Crippen LogP) is 3.50. The highest BCUT2D eigenvalue weighted by Crippen LogP contribution is 2.26. The molecule has 0 radical (unpaired) electrons. The summed E-state index contributed by atoms with van der Waals surface area (Å²) in [4.78, 5) is 24.4. The number of hydrogen-bond acceptors (Lipinski definition) is 5. The smallest absolute Gasteiger partial charge is 0.193 e. The van der Waals surface area contributed by atoms with Gasteiger partial charge in [-0.05, 0) is 23.8 Å². The van der Waals surface area contributed by atoms with Crippen molar-refractivity contribution >= 4 is 17.3 Å². The number of carbonyl (C=O) groups is 1. The fourth-order valence-corrected chi connectivity index (χ4v) is 3.86. The van der Waals surface area contributed by atoms with E-state index in [0.717, 1.165) is 54.5 Å². The maximum atomic E-state index is 12.9. The minimum atomic E-state index is 0.0309. The van der Waals surface area contributed by atoms with E-state index in [-0.39, 0.29) is 5.78 Å². The van der Waals surface area contributed by atoms with E-state index in [1.165, 1.54) is 0 Å². The van der Waals surface area contributed by atoms with Crippen LogP contribution in [0.2, 0.25) is 0 Å². The van der Waals surface area contributed by atoms with Gasteiger partial charge in [-0.25, -0.2) is 4.98 Å². The molecule has 144 valence electrons. The van der Waals surface area contributed by atoms with Gasteiger partial charge in [0.25, 0.3) is 0 Å². The lowest BCUT2D eigenvalue weighted by molar-refractivity contribution is 0.103. The molecule has 0 aliphatic carbocycles. The first kappa shape index (κ1) is 17.8. The Labute approximate surface area is 169 Å². The molecule has 1 aromatic heterocycles. The molecular weight excluding hydrogens is 362 g/mol. The van der Waals surface area contributed by atoms with Crippen molar-refractivity contribution < 1.29 is 9.53 Å². The summed E-state index contributed by atoms with van der Waals surface area (Å²) in [6.45, 7) is 3.77. The first-order chi connectivity index (χ1) is 14.3. The van der Waals surface area contributed by atoms with Gasteiger partial charge in [0.1, 0.15) is 5.82 Å². The molecule has 0 bridgehead atoms. The van der Waals surface area contributed by atoms with Crippen molar-refractivity contribution in [3.8, 4) is 0 Å². The third-order valence-corrected chi connectivity index (χ3v) is 5.42. The molecule has 5 heteroatoms. The first-order valence-electron chi connectivity index (χ1n) is 9.86. The first-order valence-corrected chi connectivity index (χ1v) is 9.86. The van der Waals surface area contributed by atoms with E-state index < -0.39 is 0 Å². The van der Waals surface area contributed by atoms with Gasteiger partial charge in [-0.3, -0.25) is 9.79 Å². The van der Waals surface area contributed by atoms with Crippen molar-refractivity contribution in [2.45, 2.75) is 6.54 Å². The molecule has 29 heavy (non-hydrogen) atoms. The van der Waals surface area contributed by atoms with Gasteiger partial charge in [-0.15, -0.1) is 0 Å². The number of hydrogen-bond donors (Lipinski definition) is 0. The lowest BCUT2D eigenvalue weighted by Gasteiger charge is -2.28. The zero-order chi connectivity index (χ0) is 19.6. The summed E-state index contributed by atoms with van der Waals surface area (Å²) in [6.07, 6.45) is 1.83. The monoisotopic (exact) mass is 383 g/mol. The molecule has 5 rings (SSSR count). The molecule has 0 N–H and O–H groups in total. The molecular formula is C24H21N3O2. The van der Waals surface area contributed by atoms with Crippen LogP contribution in [0.25, 0.3) is 0 Å². The summed E-state index contributed by atoms with van der Waals surface area (Å²) in [5.74, 6) is 0.974. The third-order valence-electron chi connectivity index (χ3n) is 5.42. The van der Waals surface area contributed by atoms with E-state index in [1.54, 1.807) is 0 Å². The highest BCUT2D eigenvalue weighted by Gasteiger charge is 2.21. The van der Waals surface area contributed by atoms with E-state index in [9.17, 15) is 4.79 Å². The number of benzene rings is 2. The molecule has 5 nitrogen and oxygen atoms in total. The van der Waals surface area contributed by atoms with E-state index in [0.29, 0.717) is 17.7 Å². The van der Waals surface area contributed by atoms with Gasteiger partial charge in [0.2, 0.25) is 0 Å². The van der Waals surface area contributed by atoms with Crippen molar-refractivity contribution in [3.05, 3.63) is 94.7 Å². The molecule has 2 aliphatic heterocycles. The fourth-order valence-electron chi connectivity index (χ4n) is 3.86. The van der Waals surface area contributed by atoms with Crippen LogP contribution in [-0.4, -0.2) is 42.8 Å². The number of anilines is 1. The predicted molar refractivity (Wildman–Crippen MR) is 113 cm³/mol. The molecule has 0 unspecified atom stereocenters. The van der Waals surface area contributed by atoms with E-state index in [4.69, 9.17) is 9.73 Å². The summed E-state index contributed by atoms with van der Waals surface area (Å²) in [5, 5.41) is 0. The Morgan fingerprint density at radius 2 is 1.76 bits per heavy atom. The van der Waals surface area contributed by atoms with Crippen LogP contribution in [0, 0.1) is 0 Å². The summed E-state index contributed by atoms with van der Waals surface area (Å²) < 4.78 is 5.44. The summed E-state index contributed by atoms with van der Waals surface area (Å²) >= 11 is 0. The van der Waals surface area contributed by atoms with Gasteiger partial charge < -0.3 is 9.64 Å². The maximum absolute atomic E-state index is 12.9. The standard InChI is InChI=1S/C24H21N3O2/c28-24(17-4-2-1-3-5-17)19-6-7-20-16-26-23(21(20)14-19)18-8-9-25-22(15-18)27-10-12-29-13-11-27/h1-9,14-15H,10-13,16H2. The fraction of sp³-hybridized carbons (Fsp3) is 0.208. The quantitative estimate of drug-likeness (QED) is 0.647. The zero-order valence-corrected chi connectivity index (χ0v) is 16.0. The van der Waals surface area contributed by atoms with E-state index in [2.05, 4.69) is 16.0 Å². The minimum absolute atomic E-state index is 0.0309. The Hall–Kier alpha value is -3.31. The topological polar surface area (TPSA) is 54.8 Å². The molecule has 1 saturated heterocycles. The summed E-state index contributed by atoms with van der Waals surface area (Å²) in [5.41, 5.74) is 5.53. The van der Waals surface area contributed by atoms with E-state index >= 15 is 0 Å². The molecule has 0 amide bonds. The number of nitrogens with zero attached hydrogens (tertiary/aromatic N) is 3. The number of pyridine rings is 1. The van der Waals surface area contributed by atoms with Crippen molar-refractivity contribution in [1.82, 2.24) is 4.98 Å². The molecule has 0 saturated carbocycles. The highest BCUT2D eigenvalue weighted by atomic mass is 16.5. The molecule has 1 fully saturated rings. The molecule has 2 aromatic carbocycles. The van der Waals surface area contributed by atoms with Crippen LogP contribution in [0.4, 0.5) is 5.82 Å². The average molecular weight is 383 g/mol. The number of fused-ring (bicyclic) bond motifs is 1. The number of morpholine rings is 1.